The van der Waals surface area contributed by atoms with E-state index in [1.54, 1.807) is 6.20 Å². The molecule has 60 valence electrons. The van der Waals surface area contributed by atoms with Crippen LogP contribution >= 0.6 is 11.6 Å². The van der Waals surface area contributed by atoms with Gasteiger partial charge in [0.2, 0.25) is 0 Å². The van der Waals surface area contributed by atoms with Crippen LogP contribution < -0.4 is 5.32 Å². The lowest BCUT2D eigenvalue weighted by molar-refractivity contribution is 0.889. The molecular weight excluding hydrogens is 160 g/mol. The lowest BCUT2D eigenvalue weighted by atomic mass is 10.4. The molecule has 0 atom stereocenters. The lowest BCUT2D eigenvalue weighted by Gasteiger charge is -2.09. The highest BCUT2D eigenvalue weighted by Gasteiger charge is 1.99. The van der Waals surface area contributed by atoms with Gasteiger partial charge < -0.3 is 5.32 Å². The van der Waals surface area contributed by atoms with E-state index in [1.807, 2.05) is 26.0 Å². The van der Waals surface area contributed by atoms with Crippen LogP contribution in [0.1, 0.15) is 13.8 Å². The van der Waals surface area contributed by atoms with Crippen LogP contribution in [0.15, 0.2) is 18.3 Å². The van der Waals surface area contributed by atoms with Crippen molar-refractivity contribution >= 4 is 17.4 Å². The molecule has 0 radical (unpaired) electrons. The van der Waals surface area contributed by atoms with Gasteiger partial charge in [-0.1, -0.05) is 11.6 Å². The first-order chi connectivity index (χ1) is 5.20. The van der Waals surface area contributed by atoms with Crippen LogP contribution in [-0.4, -0.2) is 11.0 Å². The normalized spacial score (nSPS) is 10.2. The van der Waals surface area contributed by atoms with E-state index < -0.39 is 0 Å². The molecule has 0 aromatic carbocycles. The zero-order chi connectivity index (χ0) is 8.27. The zero-order valence-corrected chi connectivity index (χ0v) is 7.39. The number of hydrogen-bond acceptors (Lipinski definition) is 2. The van der Waals surface area contributed by atoms with Gasteiger partial charge in [0.05, 0.1) is 5.02 Å². The standard InChI is InChI=1S/C8H11ClN2/c1-6(2)11-8-7(9)4-3-5-10-8/h3-6H,1-2H3,(H,10,11). The molecule has 1 heterocycles. The average molecular weight is 171 g/mol. The van der Waals surface area contributed by atoms with Gasteiger partial charge in [-0.05, 0) is 26.0 Å². The van der Waals surface area contributed by atoms with Crippen molar-refractivity contribution in [3.8, 4) is 0 Å². The van der Waals surface area contributed by atoms with Gasteiger partial charge in [0.1, 0.15) is 5.82 Å². The van der Waals surface area contributed by atoms with Gasteiger partial charge >= 0.3 is 0 Å². The van der Waals surface area contributed by atoms with E-state index in [2.05, 4.69) is 10.3 Å². The van der Waals surface area contributed by atoms with Gasteiger partial charge in [0.25, 0.3) is 0 Å². The Morgan fingerprint density at radius 3 is 2.82 bits per heavy atom. The fraction of sp³-hybridized carbons (Fsp3) is 0.375. The van der Waals surface area contributed by atoms with Crippen molar-refractivity contribution in [3.05, 3.63) is 23.4 Å². The summed E-state index contributed by atoms with van der Waals surface area (Å²) in [6.07, 6.45) is 1.72. The van der Waals surface area contributed by atoms with Gasteiger partial charge in [-0.2, -0.15) is 0 Å². The van der Waals surface area contributed by atoms with Crippen LogP contribution in [0, 0.1) is 0 Å². The van der Waals surface area contributed by atoms with Gasteiger partial charge in [-0.3, -0.25) is 0 Å². The minimum absolute atomic E-state index is 0.363. The summed E-state index contributed by atoms with van der Waals surface area (Å²) in [4.78, 5) is 4.08. The van der Waals surface area contributed by atoms with Crippen molar-refractivity contribution in [2.45, 2.75) is 19.9 Å². The fourth-order valence-electron chi connectivity index (χ4n) is 0.765. The molecule has 1 rings (SSSR count). The second-order valence-corrected chi connectivity index (χ2v) is 3.04. The number of rotatable bonds is 2. The molecule has 0 aliphatic carbocycles. The Balaban J connectivity index is 2.78. The minimum Gasteiger partial charge on any atom is -0.367 e. The van der Waals surface area contributed by atoms with E-state index in [0.29, 0.717) is 11.1 Å². The third kappa shape index (κ3) is 2.39. The number of halogens is 1. The zero-order valence-electron chi connectivity index (χ0n) is 6.63. The molecule has 3 heteroatoms. The van der Waals surface area contributed by atoms with Gasteiger partial charge in [-0.25, -0.2) is 4.98 Å². The quantitative estimate of drug-likeness (QED) is 0.738. The van der Waals surface area contributed by atoms with E-state index in [1.165, 1.54) is 0 Å². The summed E-state index contributed by atoms with van der Waals surface area (Å²) >= 11 is 5.84. The molecule has 1 aromatic rings. The minimum atomic E-state index is 0.363. The SMILES string of the molecule is CC(C)Nc1ncccc1Cl. The molecule has 1 N–H and O–H groups in total. The molecule has 1 aromatic heterocycles. The Morgan fingerprint density at radius 2 is 2.27 bits per heavy atom. The first kappa shape index (κ1) is 8.34. The van der Waals surface area contributed by atoms with Gasteiger partial charge in [0.15, 0.2) is 0 Å². The predicted molar refractivity (Wildman–Crippen MR) is 48.0 cm³/mol. The maximum absolute atomic E-state index is 5.84. The Labute approximate surface area is 71.6 Å². The average Bonchev–Trinajstić information content (AvgIpc) is 1.93. The molecule has 0 bridgehead atoms. The van der Waals surface area contributed by atoms with Gasteiger partial charge in [0, 0.05) is 12.2 Å². The molecule has 0 fully saturated rings. The van der Waals surface area contributed by atoms with E-state index in [0.717, 1.165) is 5.82 Å². The maximum Gasteiger partial charge on any atom is 0.144 e. The predicted octanol–water partition coefficient (Wildman–Crippen LogP) is 2.56. The smallest absolute Gasteiger partial charge is 0.144 e. The summed E-state index contributed by atoms with van der Waals surface area (Å²) in [6.45, 7) is 4.09. The topological polar surface area (TPSA) is 24.9 Å². The second-order valence-electron chi connectivity index (χ2n) is 2.63. The highest BCUT2D eigenvalue weighted by Crippen LogP contribution is 2.17. The van der Waals surface area contributed by atoms with Crippen LogP contribution in [0.2, 0.25) is 5.02 Å². The van der Waals surface area contributed by atoms with Crippen LogP contribution in [0.25, 0.3) is 0 Å². The van der Waals surface area contributed by atoms with Crippen molar-refractivity contribution in [2.75, 3.05) is 5.32 Å². The molecule has 2 nitrogen and oxygen atoms in total. The molecule has 0 saturated heterocycles. The Hall–Kier alpha value is -0.760. The fourth-order valence-corrected chi connectivity index (χ4v) is 0.941. The molecule has 0 aliphatic rings. The largest absolute Gasteiger partial charge is 0.367 e. The summed E-state index contributed by atoms with van der Waals surface area (Å²) in [5.74, 6) is 0.754. The summed E-state index contributed by atoms with van der Waals surface area (Å²) in [6, 6.07) is 4.00. The second kappa shape index (κ2) is 3.58. The molecular formula is C8H11ClN2. The Bertz CT molecular complexity index is 235. The molecule has 0 unspecified atom stereocenters. The molecule has 0 saturated carbocycles. The molecule has 0 amide bonds. The van der Waals surface area contributed by atoms with Crippen LogP contribution in [0.3, 0.4) is 0 Å². The van der Waals surface area contributed by atoms with E-state index >= 15 is 0 Å². The number of anilines is 1. The van der Waals surface area contributed by atoms with E-state index in [4.69, 9.17) is 11.6 Å². The number of nitrogens with zero attached hydrogens (tertiary/aromatic N) is 1. The molecule has 0 aliphatic heterocycles. The van der Waals surface area contributed by atoms with Crippen molar-refractivity contribution in [2.24, 2.45) is 0 Å². The van der Waals surface area contributed by atoms with Crippen molar-refractivity contribution in [1.82, 2.24) is 4.98 Å². The van der Waals surface area contributed by atoms with Crippen LogP contribution in [-0.2, 0) is 0 Å². The van der Waals surface area contributed by atoms with Crippen molar-refractivity contribution in [1.29, 1.82) is 0 Å². The maximum atomic E-state index is 5.84. The first-order valence-corrected chi connectivity index (χ1v) is 3.95. The Kier molecular flexibility index (Phi) is 2.71. The third-order valence-electron chi connectivity index (χ3n) is 1.18. The summed E-state index contributed by atoms with van der Waals surface area (Å²) < 4.78 is 0. The summed E-state index contributed by atoms with van der Waals surface area (Å²) in [7, 11) is 0. The highest BCUT2D eigenvalue weighted by atomic mass is 35.5. The number of pyridine rings is 1. The third-order valence-corrected chi connectivity index (χ3v) is 1.49. The summed E-state index contributed by atoms with van der Waals surface area (Å²) in [5.41, 5.74) is 0. The summed E-state index contributed by atoms with van der Waals surface area (Å²) in [5, 5.41) is 3.80. The van der Waals surface area contributed by atoms with Crippen molar-refractivity contribution in [3.63, 3.8) is 0 Å². The molecule has 11 heavy (non-hydrogen) atoms. The monoisotopic (exact) mass is 170 g/mol. The number of nitrogens with one attached hydrogen (secondary N) is 1. The van der Waals surface area contributed by atoms with Crippen LogP contribution in [0.4, 0.5) is 5.82 Å². The van der Waals surface area contributed by atoms with E-state index in [9.17, 15) is 0 Å². The van der Waals surface area contributed by atoms with Crippen molar-refractivity contribution < 1.29 is 0 Å². The Morgan fingerprint density at radius 1 is 1.55 bits per heavy atom. The highest BCUT2D eigenvalue weighted by molar-refractivity contribution is 6.32. The number of hydrogen-bond donors (Lipinski definition) is 1. The molecule has 0 spiro atoms. The lowest BCUT2D eigenvalue weighted by Crippen LogP contribution is -2.10. The first-order valence-electron chi connectivity index (χ1n) is 3.57. The van der Waals surface area contributed by atoms with E-state index in [-0.39, 0.29) is 0 Å². The van der Waals surface area contributed by atoms with Crippen LogP contribution in [0.5, 0.6) is 0 Å². The van der Waals surface area contributed by atoms with Gasteiger partial charge in [-0.15, -0.1) is 0 Å². The number of aromatic nitrogens is 1.